The van der Waals surface area contributed by atoms with Crippen molar-refractivity contribution in [3.8, 4) is 0 Å². The van der Waals surface area contributed by atoms with E-state index in [-0.39, 0.29) is 37.5 Å². The lowest BCUT2D eigenvalue weighted by atomic mass is 10.0. The molecule has 0 aromatic carbocycles. The summed E-state index contributed by atoms with van der Waals surface area (Å²) in [4.78, 5) is 38.4. The summed E-state index contributed by atoms with van der Waals surface area (Å²) in [5.74, 6) is -0.958. The first-order valence-electron chi connectivity index (χ1n) is 32.7. The van der Waals surface area contributed by atoms with Crippen molar-refractivity contribution in [2.24, 2.45) is 0 Å². The predicted octanol–water partition coefficient (Wildman–Crippen LogP) is 22.5. The number of hydrogen-bond acceptors (Lipinski definition) is 6. The van der Waals surface area contributed by atoms with Crippen LogP contribution >= 0.6 is 0 Å². The number of hydrogen-bond donors (Lipinski definition) is 0. The molecule has 6 heteroatoms. The molecule has 0 aromatic rings. The van der Waals surface area contributed by atoms with Crippen LogP contribution in [-0.2, 0) is 28.6 Å². The zero-order valence-electron chi connectivity index (χ0n) is 51.3. The molecule has 0 N–H and O–H groups in total. The molecule has 0 amide bonds. The number of allylic oxidation sites excluding steroid dienone is 22. The fourth-order valence-corrected chi connectivity index (χ4v) is 8.79. The molecule has 448 valence electrons. The van der Waals surface area contributed by atoms with Gasteiger partial charge in [-0.25, -0.2) is 0 Å². The van der Waals surface area contributed by atoms with Crippen LogP contribution in [0.4, 0.5) is 0 Å². The third-order valence-corrected chi connectivity index (χ3v) is 13.6. The molecule has 0 radical (unpaired) electrons. The molecule has 0 bridgehead atoms. The van der Waals surface area contributed by atoms with Crippen LogP contribution in [0, 0.1) is 0 Å². The second-order valence-corrected chi connectivity index (χ2v) is 21.3. The number of unbranched alkanes of at least 4 members (excludes halogenated alkanes) is 25. The van der Waals surface area contributed by atoms with Gasteiger partial charge in [0.25, 0.3) is 0 Å². The Hall–Kier alpha value is -4.45. The summed E-state index contributed by atoms with van der Waals surface area (Å²) in [7, 11) is 0. The minimum Gasteiger partial charge on any atom is -0.462 e. The molecule has 0 spiro atoms. The van der Waals surface area contributed by atoms with Crippen LogP contribution in [0.1, 0.15) is 290 Å². The van der Waals surface area contributed by atoms with Crippen LogP contribution in [0.25, 0.3) is 0 Å². The molecule has 0 fully saturated rings. The van der Waals surface area contributed by atoms with Gasteiger partial charge in [-0.2, -0.15) is 0 Å². The van der Waals surface area contributed by atoms with E-state index in [4.69, 9.17) is 14.2 Å². The molecule has 1 unspecified atom stereocenters. The van der Waals surface area contributed by atoms with Gasteiger partial charge in [-0.3, -0.25) is 14.4 Å². The topological polar surface area (TPSA) is 78.9 Å². The second-order valence-electron chi connectivity index (χ2n) is 21.3. The van der Waals surface area contributed by atoms with Crippen LogP contribution < -0.4 is 0 Å². The normalized spacial score (nSPS) is 13.0. The van der Waals surface area contributed by atoms with E-state index < -0.39 is 6.10 Å². The highest BCUT2D eigenvalue weighted by Crippen LogP contribution is 2.15. The largest absolute Gasteiger partial charge is 0.462 e. The maximum Gasteiger partial charge on any atom is 0.306 e. The summed E-state index contributed by atoms with van der Waals surface area (Å²) >= 11 is 0. The lowest BCUT2D eigenvalue weighted by Crippen LogP contribution is -2.30. The van der Waals surface area contributed by atoms with E-state index in [1.54, 1.807) is 0 Å². The monoisotopic (exact) mass is 1090 g/mol. The molecule has 0 saturated carbocycles. The average molecular weight is 1090 g/mol. The van der Waals surface area contributed by atoms with E-state index in [1.807, 2.05) is 0 Å². The molecular weight excluding hydrogens is 973 g/mol. The molecule has 0 saturated heterocycles. The molecular formula is C73H120O6. The van der Waals surface area contributed by atoms with Gasteiger partial charge in [0.1, 0.15) is 13.2 Å². The van der Waals surface area contributed by atoms with Gasteiger partial charge in [-0.15, -0.1) is 0 Å². The van der Waals surface area contributed by atoms with E-state index in [1.165, 1.54) is 109 Å². The van der Waals surface area contributed by atoms with E-state index in [2.05, 4.69) is 154 Å². The Morgan fingerprint density at radius 1 is 0.266 bits per heavy atom. The third-order valence-electron chi connectivity index (χ3n) is 13.6. The van der Waals surface area contributed by atoms with Crippen molar-refractivity contribution in [2.45, 2.75) is 297 Å². The highest BCUT2D eigenvalue weighted by molar-refractivity contribution is 5.71. The SMILES string of the molecule is CC/C=C\C/C=C\C/C=C\C/C=C\C/C=C\CCCCCC(=O)OC(COC(=O)CCCCCC/C=C\C/C=C\C/C=C\C/C=C\CC)COC(=O)CCCCCCCCCCCCCCC/C=C\C/C=C\CCCCCCC. The van der Waals surface area contributed by atoms with Gasteiger partial charge < -0.3 is 14.2 Å². The van der Waals surface area contributed by atoms with Gasteiger partial charge in [0.2, 0.25) is 0 Å². The Morgan fingerprint density at radius 2 is 0.494 bits per heavy atom. The van der Waals surface area contributed by atoms with Crippen molar-refractivity contribution < 1.29 is 28.6 Å². The van der Waals surface area contributed by atoms with Gasteiger partial charge >= 0.3 is 17.9 Å². The summed E-state index contributed by atoms with van der Waals surface area (Å²) in [5.41, 5.74) is 0. The maximum absolute atomic E-state index is 12.9. The number of carbonyl (C=O) groups excluding carboxylic acids is 3. The van der Waals surface area contributed by atoms with Gasteiger partial charge in [-0.05, 0) is 135 Å². The molecule has 0 aliphatic heterocycles. The first-order chi connectivity index (χ1) is 39.0. The number of carbonyl (C=O) groups is 3. The first-order valence-corrected chi connectivity index (χ1v) is 32.7. The zero-order valence-corrected chi connectivity index (χ0v) is 51.3. The van der Waals surface area contributed by atoms with Gasteiger partial charge in [-0.1, -0.05) is 270 Å². The van der Waals surface area contributed by atoms with Crippen LogP contribution in [0.3, 0.4) is 0 Å². The Labute approximate surface area is 487 Å². The van der Waals surface area contributed by atoms with Crippen molar-refractivity contribution in [1.29, 1.82) is 0 Å². The van der Waals surface area contributed by atoms with Crippen molar-refractivity contribution in [3.63, 3.8) is 0 Å². The number of esters is 3. The summed E-state index contributed by atoms with van der Waals surface area (Å²) < 4.78 is 16.9. The van der Waals surface area contributed by atoms with Gasteiger partial charge in [0, 0.05) is 19.3 Å². The third kappa shape index (κ3) is 64.3. The lowest BCUT2D eigenvalue weighted by Gasteiger charge is -2.18. The Bertz CT molecular complexity index is 1680. The number of ether oxygens (including phenoxy) is 3. The molecule has 1 atom stereocenters. The highest BCUT2D eigenvalue weighted by atomic mass is 16.6. The van der Waals surface area contributed by atoms with Crippen molar-refractivity contribution in [3.05, 3.63) is 134 Å². The van der Waals surface area contributed by atoms with E-state index >= 15 is 0 Å². The van der Waals surface area contributed by atoms with E-state index in [0.29, 0.717) is 19.3 Å². The molecule has 0 aliphatic rings. The fourth-order valence-electron chi connectivity index (χ4n) is 8.79. The number of rotatable bonds is 58. The Kier molecular flexibility index (Phi) is 62.3. The van der Waals surface area contributed by atoms with Crippen LogP contribution in [-0.4, -0.2) is 37.2 Å². The van der Waals surface area contributed by atoms with Crippen molar-refractivity contribution >= 4 is 17.9 Å². The van der Waals surface area contributed by atoms with Crippen molar-refractivity contribution in [1.82, 2.24) is 0 Å². The first kappa shape index (κ1) is 74.5. The molecule has 0 heterocycles. The molecule has 0 aliphatic carbocycles. The molecule has 0 rings (SSSR count). The zero-order chi connectivity index (χ0) is 57.1. The summed E-state index contributed by atoms with van der Waals surface area (Å²) in [6.07, 6.45) is 93.2. The molecule has 6 nitrogen and oxygen atoms in total. The molecule has 79 heavy (non-hydrogen) atoms. The summed E-state index contributed by atoms with van der Waals surface area (Å²) in [6.45, 7) is 6.37. The average Bonchev–Trinajstić information content (AvgIpc) is 3.45. The van der Waals surface area contributed by atoms with Crippen LogP contribution in [0.5, 0.6) is 0 Å². The van der Waals surface area contributed by atoms with E-state index in [0.717, 1.165) is 135 Å². The highest BCUT2D eigenvalue weighted by Gasteiger charge is 2.19. The predicted molar refractivity (Wildman–Crippen MR) is 343 cm³/mol. The molecule has 0 aromatic heterocycles. The lowest BCUT2D eigenvalue weighted by molar-refractivity contribution is -0.167. The van der Waals surface area contributed by atoms with Crippen molar-refractivity contribution in [2.75, 3.05) is 13.2 Å². The van der Waals surface area contributed by atoms with Crippen LogP contribution in [0.2, 0.25) is 0 Å². The maximum atomic E-state index is 12.9. The quantitative estimate of drug-likeness (QED) is 0.0261. The second kappa shape index (κ2) is 66.1. The van der Waals surface area contributed by atoms with Gasteiger partial charge in [0.05, 0.1) is 0 Å². The van der Waals surface area contributed by atoms with E-state index in [9.17, 15) is 14.4 Å². The van der Waals surface area contributed by atoms with Crippen LogP contribution in [0.15, 0.2) is 134 Å². The Balaban J connectivity index is 4.44. The van der Waals surface area contributed by atoms with Gasteiger partial charge in [0.15, 0.2) is 6.10 Å². The minimum atomic E-state index is -0.813. The smallest absolute Gasteiger partial charge is 0.306 e. The summed E-state index contributed by atoms with van der Waals surface area (Å²) in [5, 5.41) is 0. The Morgan fingerprint density at radius 3 is 0.785 bits per heavy atom. The standard InChI is InChI=1S/C73H120O6/c1-4-7-10-13-16-19-22-25-28-31-33-34-35-36-37-38-40-42-45-48-51-54-57-60-63-66-72(75)78-69-70(68-77-71(74)65-62-59-56-53-50-47-44-41-30-27-24-21-18-15-12-9-6-3)79-73(76)67-64-61-58-55-52-49-46-43-39-32-29-26-23-20-17-14-11-8-5-2/h8-9,11-12,17-18,20-22,25-27,29-31,33,39,43-44,47,49,52,70H,4-7,10,13-16,19,23-24,28,32,34-38,40-42,45-46,48,50-51,53-69H2,1-3H3/b11-8-,12-9-,20-17-,21-18-,25-22-,29-26-,30-27-,33-31-,43-39-,47-44-,52-49-. The summed E-state index contributed by atoms with van der Waals surface area (Å²) in [6, 6.07) is 0. The minimum absolute atomic E-state index is 0.103. The fraction of sp³-hybridized carbons (Fsp3) is 0.658.